The van der Waals surface area contributed by atoms with Gasteiger partial charge in [0, 0.05) is 10.9 Å². The lowest BCUT2D eigenvalue weighted by atomic mass is 10.2. The molecule has 1 rings (SSSR count). The van der Waals surface area contributed by atoms with E-state index in [-0.39, 0.29) is 12.4 Å². The molecule has 3 heteroatoms. The van der Waals surface area contributed by atoms with Crippen LogP contribution in [0.15, 0.2) is 17.5 Å². The third-order valence-electron chi connectivity index (χ3n) is 2.32. The predicted octanol–water partition coefficient (Wildman–Crippen LogP) is 3.57. The second-order valence-corrected chi connectivity index (χ2v) is 3.89. The molecule has 0 bridgehead atoms. The summed E-state index contributed by atoms with van der Waals surface area (Å²) < 4.78 is 0. The molecule has 0 spiro atoms. The zero-order valence-electron chi connectivity index (χ0n) is 8.49. The van der Waals surface area contributed by atoms with Crippen LogP contribution >= 0.6 is 23.7 Å². The van der Waals surface area contributed by atoms with Crippen LogP contribution in [-0.4, -0.2) is 18.0 Å². The van der Waals surface area contributed by atoms with Crippen molar-refractivity contribution in [2.24, 2.45) is 0 Å². The summed E-state index contributed by atoms with van der Waals surface area (Å²) in [5, 5.41) is 2.15. The standard InChI is InChI=1S/C10H17NS.ClH/c1-4-11(5-2)9(3)10-7-6-8-12-10;/h6-9H,4-5H2,1-3H3;1H. The first-order valence-corrected chi connectivity index (χ1v) is 5.45. The van der Waals surface area contributed by atoms with E-state index >= 15 is 0 Å². The van der Waals surface area contributed by atoms with Gasteiger partial charge < -0.3 is 0 Å². The van der Waals surface area contributed by atoms with Gasteiger partial charge in [-0.1, -0.05) is 19.9 Å². The SMILES string of the molecule is CCN(CC)C(C)c1cccs1.Cl. The minimum Gasteiger partial charge on any atom is -0.296 e. The van der Waals surface area contributed by atoms with E-state index < -0.39 is 0 Å². The first kappa shape index (κ1) is 12.9. The topological polar surface area (TPSA) is 3.24 Å². The third kappa shape index (κ3) is 3.29. The fourth-order valence-corrected chi connectivity index (χ4v) is 2.30. The summed E-state index contributed by atoms with van der Waals surface area (Å²) in [6.45, 7) is 8.98. The average Bonchev–Trinajstić information content (AvgIpc) is 2.58. The third-order valence-corrected chi connectivity index (χ3v) is 3.36. The van der Waals surface area contributed by atoms with Crippen LogP contribution in [0.2, 0.25) is 0 Å². The van der Waals surface area contributed by atoms with Gasteiger partial charge in [0.2, 0.25) is 0 Å². The highest BCUT2D eigenvalue weighted by atomic mass is 35.5. The van der Waals surface area contributed by atoms with Gasteiger partial charge >= 0.3 is 0 Å². The second kappa shape index (κ2) is 6.41. The van der Waals surface area contributed by atoms with Gasteiger partial charge in [-0.2, -0.15) is 0 Å². The van der Waals surface area contributed by atoms with E-state index in [1.165, 1.54) is 4.88 Å². The Hall–Kier alpha value is -0.0500. The molecule has 0 amide bonds. The smallest absolute Gasteiger partial charge is 0.0413 e. The number of hydrogen-bond donors (Lipinski definition) is 0. The van der Waals surface area contributed by atoms with E-state index in [0.717, 1.165) is 13.1 Å². The van der Waals surface area contributed by atoms with Crippen LogP contribution in [-0.2, 0) is 0 Å². The summed E-state index contributed by atoms with van der Waals surface area (Å²) in [6, 6.07) is 4.92. The van der Waals surface area contributed by atoms with Crippen molar-refractivity contribution in [3.8, 4) is 0 Å². The molecular formula is C10H18ClNS. The number of hydrogen-bond acceptors (Lipinski definition) is 2. The van der Waals surface area contributed by atoms with E-state index in [1.807, 2.05) is 11.3 Å². The van der Waals surface area contributed by atoms with Gasteiger partial charge in [-0.25, -0.2) is 0 Å². The zero-order valence-corrected chi connectivity index (χ0v) is 10.1. The van der Waals surface area contributed by atoms with Gasteiger partial charge in [0.05, 0.1) is 0 Å². The van der Waals surface area contributed by atoms with Crippen LogP contribution < -0.4 is 0 Å². The Morgan fingerprint density at radius 1 is 1.38 bits per heavy atom. The predicted molar refractivity (Wildman–Crippen MR) is 62.9 cm³/mol. The molecule has 0 fully saturated rings. The Bertz CT molecular complexity index is 207. The summed E-state index contributed by atoms with van der Waals surface area (Å²) >= 11 is 1.85. The maximum atomic E-state index is 2.46. The molecule has 0 aliphatic heterocycles. The van der Waals surface area contributed by atoms with Gasteiger partial charge in [0.1, 0.15) is 0 Å². The molecule has 1 aromatic heterocycles. The van der Waals surface area contributed by atoms with Crippen LogP contribution in [0.1, 0.15) is 31.7 Å². The lowest BCUT2D eigenvalue weighted by molar-refractivity contribution is 0.237. The fraction of sp³-hybridized carbons (Fsp3) is 0.600. The van der Waals surface area contributed by atoms with Crippen LogP contribution in [0.4, 0.5) is 0 Å². The maximum absolute atomic E-state index is 2.46. The molecule has 0 radical (unpaired) electrons. The minimum absolute atomic E-state index is 0. The molecule has 1 unspecified atom stereocenters. The molecule has 0 saturated carbocycles. The summed E-state index contributed by atoms with van der Waals surface area (Å²) in [7, 11) is 0. The zero-order chi connectivity index (χ0) is 8.97. The van der Waals surface area contributed by atoms with Gasteiger partial charge in [0.15, 0.2) is 0 Å². The Labute approximate surface area is 91.2 Å². The highest BCUT2D eigenvalue weighted by Gasteiger charge is 2.12. The van der Waals surface area contributed by atoms with Crippen LogP contribution in [0, 0.1) is 0 Å². The molecule has 1 atom stereocenters. The van der Waals surface area contributed by atoms with E-state index in [0.29, 0.717) is 6.04 Å². The van der Waals surface area contributed by atoms with Crippen molar-refractivity contribution in [2.75, 3.05) is 13.1 Å². The molecule has 1 nitrogen and oxygen atoms in total. The van der Waals surface area contributed by atoms with Gasteiger partial charge in [-0.3, -0.25) is 4.90 Å². The first-order chi connectivity index (χ1) is 5.79. The molecule has 0 aromatic carbocycles. The molecule has 1 heterocycles. The Morgan fingerprint density at radius 2 is 2.00 bits per heavy atom. The van der Waals surface area contributed by atoms with E-state index in [9.17, 15) is 0 Å². The summed E-state index contributed by atoms with van der Waals surface area (Å²) in [6.07, 6.45) is 0. The Kier molecular flexibility index (Phi) is 6.39. The van der Waals surface area contributed by atoms with Gasteiger partial charge in [0.25, 0.3) is 0 Å². The second-order valence-electron chi connectivity index (χ2n) is 2.91. The maximum Gasteiger partial charge on any atom is 0.0413 e. The van der Waals surface area contributed by atoms with Gasteiger partial charge in [-0.05, 0) is 31.5 Å². The normalized spacial score (nSPS) is 12.6. The van der Waals surface area contributed by atoms with Crippen LogP contribution in [0.25, 0.3) is 0 Å². The molecule has 0 saturated heterocycles. The number of nitrogens with zero attached hydrogens (tertiary/aromatic N) is 1. The number of halogens is 1. The van der Waals surface area contributed by atoms with Crippen molar-refractivity contribution in [1.82, 2.24) is 4.90 Å². The van der Waals surface area contributed by atoms with Crippen molar-refractivity contribution < 1.29 is 0 Å². The van der Waals surface area contributed by atoms with Gasteiger partial charge in [-0.15, -0.1) is 23.7 Å². The van der Waals surface area contributed by atoms with E-state index in [1.54, 1.807) is 0 Å². The van der Waals surface area contributed by atoms with Crippen LogP contribution in [0.5, 0.6) is 0 Å². The van der Waals surface area contributed by atoms with Crippen molar-refractivity contribution in [3.63, 3.8) is 0 Å². The van der Waals surface area contributed by atoms with Crippen molar-refractivity contribution >= 4 is 23.7 Å². The molecular weight excluding hydrogens is 202 g/mol. The first-order valence-electron chi connectivity index (χ1n) is 4.57. The lowest BCUT2D eigenvalue weighted by Crippen LogP contribution is -2.25. The highest BCUT2D eigenvalue weighted by molar-refractivity contribution is 7.10. The van der Waals surface area contributed by atoms with E-state index in [4.69, 9.17) is 0 Å². The highest BCUT2D eigenvalue weighted by Crippen LogP contribution is 2.23. The molecule has 13 heavy (non-hydrogen) atoms. The average molecular weight is 220 g/mol. The van der Waals surface area contributed by atoms with Crippen molar-refractivity contribution in [1.29, 1.82) is 0 Å². The van der Waals surface area contributed by atoms with Crippen LogP contribution in [0.3, 0.4) is 0 Å². The molecule has 0 aliphatic carbocycles. The molecule has 0 aliphatic rings. The Balaban J connectivity index is 0.00000144. The monoisotopic (exact) mass is 219 g/mol. The lowest BCUT2D eigenvalue weighted by Gasteiger charge is -2.25. The molecule has 1 aromatic rings. The molecule has 76 valence electrons. The summed E-state index contributed by atoms with van der Waals surface area (Å²) in [4.78, 5) is 3.94. The largest absolute Gasteiger partial charge is 0.296 e. The summed E-state index contributed by atoms with van der Waals surface area (Å²) in [5.74, 6) is 0. The van der Waals surface area contributed by atoms with Crippen molar-refractivity contribution in [2.45, 2.75) is 26.8 Å². The Morgan fingerprint density at radius 3 is 2.38 bits per heavy atom. The minimum atomic E-state index is 0. The number of thiophene rings is 1. The molecule has 0 N–H and O–H groups in total. The number of rotatable bonds is 4. The van der Waals surface area contributed by atoms with Crippen molar-refractivity contribution in [3.05, 3.63) is 22.4 Å². The fourth-order valence-electron chi connectivity index (χ4n) is 1.48. The summed E-state index contributed by atoms with van der Waals surface area (Å²) in [5.41, 5.74) is 0. The quantitative estimate of drug-likeness (QED) is 0.749. The van der Waals surface area contributed by atoms with E-state index in [2.05, 4.69) is 43.2 Å².